The summed E-state index contributed by atoms with van der Waals surface area (Å²) in [5.74, 6) is -5.25. The van der Waals surface area contributed by atoms with Crippen LogP contribution in [0.2, 0.25) is 0 Å². The molecule has 0 spiro atoms. The van der Waals surface area contributed by atoms with E-state index in [1.54, 1.807) is 6.92 Å². The average Bonchev–Trinajstić information content (AvgIpc) is 2.32. The molecule has 0 aromatic heterocycles. The lowest BCUT2D eigenvalue weighted by molar-refractivity contribution is 0.0518. The fraction of sp³-hybridized carbons (Fsp3) is 0.417. The molecule has 0 bridgehead atoms. The zero-order valence-electron chi connectivity index (χ0n) is 10.1. The number of rotatable bonds is 4. The lowest BCUT2D eigenvalue weighted by Crippen LogP contribution is -2.40. The second-order valence-corrected chi connectivity index (χ2v) is 4.29. The van der Waals surface area contributed by atoms with Gasteiger partial charge in [-0.1, -0.05) is 6.92 Å². The Labute approximate surface area is 103 Å². The van der Waals surface area contributed by atoms with Gasteiger partial charge < -0.3 is 10.4 Å². The molecule has 100 valence electrons. The van der Waals surface area contributed by atoms with Gasteiger partial charge in [-0.2, -0.15) is 0 Å². The van der Waals surface area contributed by atoms with Crippen LogP contribution in [0.15, 0.2) is 12.1 Å². The highest BCUT2D eigenvalue weighted by Crippen LogP contribution is 2.14. The topological polar surface area (TPSA) is 49.3 Å². The highest BCUT2D eigenvalue weighted by Gasteiger charge is 2.20. The van der Waals surface area contributed by atoms with E-state index < -0.39 is 29.0 Å². The Kier molecular flexibility index (Phi) is 4.34. The molecule has 0 saturated heterocycles. The van der Waals surface area contributed by atoms with E-state index in [1.165, 1.54) is 6.92 Å². The quantitative estimate of drug-likeness (QED) is 0.814. The van der Waals surface area contributed by atoms with Gasteiger partial charge in [0.05, 0.1) is 5.60 Å². The Morgan fingerprint density at radius 1 is 1.33 bits per heavy atom. The zero-order valence-corrected chi connectivity index (χ0v) is 10.1. The second kappa shape index (κ2) is 5.39. The normalized spacial score (nSPS) is 14.1. The molecule has 0 fully saturated rings. The van der Waals surface area contributed by atoms with Gasteiger partial charge in [-0.3, -0.25) is 4.79 Å². The largest absolute Gasteiger partial charge is 0.388 e. The molecule has 6 heteroatoms. The van der Waals surface area contributed by atoms with E-state index in [0.717, 1.165) is 0 Å². The van der Waals surface area contributed by atoms with Crippen LogP contribution < -0.4 is 5.32 Å². The summed E-state index contributed by atoms with van der Waals surface area (Å²) in [6.07, 6.45) is 0.402. The number of amides is 1. The lowest BCUT2D eigenvalue weighted by Gasteiger charge is -2.21. The van der Waals surface area contributed by atoms with E-state index in [0.29, 0.717) is 18.6 Å². The maximum absolute atomic E-state index is 12.9. The molecule has 3 nitrogen and oxygen atoms in total. The number of benzene rings is 1. The minimum absolute atomic E-state index is 0.0665. The second-order valence-electron chi connectivity index (χ2n) is 4.29. The van der Waals surface area contributed by atoms with Crippen molar-refractivity contribution in [1.29, 1.82) is 0 Å². The summed E-state index contributed by atoms with van der Waals surface area (Å²) >= 11 is 0. The molecule has 1 aromatic carbocycles. The number of nitrogens with one attached hydrogen (secondary N) is 1. The van der Waals surface area contributed by atoms with Gasteiger partial charge in [-0.25, -0.2) is 13.2 Å². The molecule has 0 aliphatic rings. The van der Waals surface area contributed by atoms with E-state index in [4.69, 9.17) is 0 Å². The summed E-state index contributed by atoms with van der Waals surface area (Å²) in [7, 11) is 0. The van der Waals surface area contributed by atoms with Crippen molar-refractivity contribution in [3.05, 3.63) is 35.1 Å². The molecule has 1 amide bonds. The number of hydrogen-bond donors (Lipinski definition) is 2. The van der Waals surface area contributed by atoms with Crippen molar-refractivity contribution in [2.45, 2.75) is 25.9 Å². The van der Waals surface area contributed by atoms with E-state index in [9.17, 15) is 23.1 Å². The van der Waals surface area contributed by atoms with Crippen LogP contribution in [-0.4, -0.2) is 23.2 Å². The zero-order chi connectivity index (χ0) is 13.9. The third-order valence-corrected chi connectivity index (χ3v) is 2.64. The maximum atomic E-state index is 12.9. The van der Waals surface area contributed by atoms with E-state index >= 15 is 0 Å². The summed E-state index contributed by atoms with van der Waals surface area (Å²) in [5, 5.41) is 12.0. The van der Waals surface area contributed by atoms with Crippen molar-refractivity contribution in [3.8, 4) is 0 Å². The van der Waals surface area contributed by atoms with Gasteiger partial charge in [0.25, 0.3) is 5.91 Å². The summed E-state index contributed by atoms with van der Waals surface area (Å²) in [6, 6.07) is 1.21. The molecule has 18 heavy (non-hydrogen) atoms. The Balaban J connectivity index is 2.80. The van der Waals surface area contributed by atoms with Crippen molar-refractivity contribution in [3.63, 3.8) is 0 Å². The summed E-state index contributed by atoms with van der Waals surface area (Å²) in [5.41, 5.74) is -1.44. The smallest absolute Gasteiger partial charge is 0.251 e. The van der Waals surface area contributed by atoms with E-state index in [2.05, 4.69) is 5.32 Å². The van der Waals surface area contributed by atoms with Gasteiger partial charge in [0.1, 0.15) is 0 Å². The lowest BCUT2D eigenvalue weighted by atomic mass is 10.0. The molecule has 1 aromatic rings. The van der Waals surface area contributed by atoms with Crippen LogP contribution in [0.5, 0.6) is 0 Å². The molecule has 1 atom stereocenters. The number of hydrogen-bond acceptors (Lipinski definition) is 2. The van der Waals surface area contributed by atoms with Crippen LogP contribution >= 0.6 is 0 Å². The van der Waals surface area contributed by atoms with Crippen LogP contribution in [0.1, 0.15) is 30.6 Å². The summed E-state index contributed by atoms with van der Waals surface area (Å²) < 4.78 is 38.5. The predicted molar refractivity (Wildman–Crippen MR) is 59.6 cm³/mol. The van der Waals surface area contributed by atoms with Crippen molar-refractivity contribution >= 4 is 5.91 Å². The first-order chi connectivity index (χ1) is 8.26. The minimum atomic E-state index is -1.62. The highest BCUT2D eigenvalue weighted by atomic mass is 19.2. The van der Waals surface area contributed by atoms with Crippen molar-refractivity contribution < 1.29 is 23.1 Å². The first-order valence-corrected chi connectivity index (χ1v) is 5.42. The van der Waals surface area contributed by atoms with Gasteiger partial charge >= 0.3 is 0 Å². The van der Waals surface area contributed by atoms with Crippen molar-refractivity contribution in [1.82, 2.24) is 5.32 Å². The van der Waals surface area contributed by atoms with Gasteiger partial charge in [-0.05, 0) is 25.5 Å². The van der Waals surface area contributed by atoms with E-state index in [1.807, 2.05) is 0 Å². The first-order valence-electron chi connectivity index (χ1n) is 5.42. The van der Waals surface area contributed by atoms with Crippen LogP contribution in [0, 0.1) is 17.5 Å². The molecule has 0 aliphatic carbocycles. The number of carbonyl (C=O) groups is 1. The molecular formula is C12H14F3NO2. The van der Waals surface area contributed by atoms with Gasteiger partial charge in [0, 0.05) is 12.1 Å². The molecule has 0 saturated carbocycles. The third kappa shape index (κ3) is 3.46. The standard InChI is InChI=1S/C12H14F3NO2/c1-3-12(2,18)6-16-11(17)7-4-8(13)10(15)9(14)5-7/h4-5,18H,3,6H2,1-2H3,(H,16,17). The van der Waals surface area contributed by atoms with Gasteiger partial charge in [0.15, 0.2) is 17.5 Å². The fourth-order valence-electron chi connectivity index (χ4n) is 1.18. The van der Waals surface area contributed by atoms with Crippen LogP contribution in [0.4, 0.5) is 13.2 Å². The SMILES string of the molecule is CCC(C)(O)CNC(=O)c1cc(F)c(F)c(F)c1. The van der Waals surface area contributed by atoms with Crippen molar-refractivity contribution in [2.75, 3.05) is 6.54 Å². The molecule has 1 rings (SSSR count). The van der Waals surface area contributed by atoms with Crippen LogP contribution in [0.3, 0.4) is 0 Å². The fourth-order valence-corrected chi connectivity index (χ4v) is 1.18. The van der Waals surface area contributed by atoms with Crippen LogP contribution in [0.25, 0.3) is 0 Å². The maximum Gasteiger partial charge on any atom is 0.251 e. The van der Waals surface area contributed by atoms with Crippen molar-refractivity contribution in [2.24, 2.45) is 0 Å². The monoisotopic (exact) mass is 261 g/mol. The van der Waals surface area contributed by atoms with Gasteiger partial charge in [-0.15, -0.1) is 0 Å². The molecule has 1 unspecified atom stereocenters. The first kappa shape index (κ1) is 14.5. The predicted octanol–water partition coefficient (Wildman–Crippen LogP) is 1.99. The highest BCUT2D eigenvalue weighted by molar-refractivity contribution is 5.94. The van der Waals surface area contributed by atoms with E-state index in [-0.39, 0.29) is 12.1 Å². The molecular weight excluding hydrogens is 247 g/mol. The number of aliphatic hydroxyl groups is 1. The minimum Gasteiger partial charge on any atom is -0.388 e. The summed E-state index contributed by atoms with van der Waals surface area (Å²) in [6.45, 7) is 3.17. The van der Waals surface area contributed by atoms with Crippen LogP contribution in [-0.2, 0) is 0 Å². The Morgan fingerprint density at radius 3 is 2.28 bits per heavy atom. The Morgan fingerprint density at radius 2 is 1.83 bits per heavy atom. The molecule has 0 aliphatic heterocycles. The molecule has 0 radical (unpaired) electrons. The number of halogens is 3. The molecule has 0 heterocycles. The summed E-state index contributed by atoms with van der Waals surface area (Å²) in [4.78, 5) is 11.5. The average molecular weight is 261 g/mol. The third-order valence-electron chi connectivity index (χ3n) is 2.64. The Hall–Kier alpha value is -1.56. The van der Waals surface area contributed by atoms with Gasteiger partial charge in [0.2, 0.25) is 0 Å². The molecule has 2 N–H and O–H groups in total. The Bertz CT molecular complexity index is 438. The number of carbonyl (C=O) groups excluding carboxylic acids is 1.